The number of nitrogens with zero attached hydrogens (tertiary/aromatic N) is 2. The van der Waals surface area contributed by atoms with Gasteiger partial charge in [0.2, 0.25) is 5.91 Å². The van der Waals surface area contributed by atoms with Gasteiger partial charge in [0, 0.05) is 5.69 Å². The maximum absolute atomic E-state index is 13.4. The van der Waals surface area contributed by atoms with Crippen LogP contribution in [0.5, 0.6) is 5.75 Å². The van der Waals surface area contributed by atoms with Gasteiger partial charge in [0.15, 0.2) is 5.17 Å². The zero-order chi connectivity index (χ0) is 24.9. The van der Waals surface area contributed by atoms with Crippen LogP contribution in [0, 0.1) is 19.7 Å². The van der Waals surface area contributed by atoms with Crippen LogP contribution in [-0.2, 0) is 9.59 Å². The lowest BCUT2D eigenvalue weighted by Gasteiger charge is -2.19. The molecule has 0 saturated heterocycles. The molecule has 1 aliphatic rings. The fourth-order valence-corrected chi connectivity index (χ4v) is 4.46. The number of ether oxygens (including phenoxy) is 1. The summed E-state index contributed by atoms with van der Waals surface area (Å²) < 4.78 is 18.6. The number of hydrogen-bond donors (Lipinski definition) is 1. The first-order valence-corrected chi connectivity index (χ1v) is 11.9. The second kappa shape index (κ2) is 10.6. The van der Waals surface area contributed by atoms with E-state index in [2.05, 4.69) is 10.3 Å². The van der Waals surface area contributed by atoms with Crippen molar-refractivity contribution >= 4 is 46.2 Å². The van der Waals surface area contributed by atoms with E-state index in [0.717, 1.165) is 28.5 Å². The molecule has 178 valence electrons. The highest BCUT2D eigenvalue weighted by Crippen LogP contribution is 2.31. The molecule has 0 aromatic heterocycles. The number of carbonyl (C=O) groups is 2. The third kappa shape index (κ3) is 5.96. The van der Waals surface area contributed by atoms with Crippen LogP contribution in [0.4, 0.5) is 15.8 Å². The van der Waals surface area contributed by atoms with E-state index in [4.69, 9.17) is 4.74 Å². The van der Waals surface area contributed by atoms with Crippen LogP contribution in [0.25, 0.3) is 6.08 Å². The number of thioether (sulfide) groups is 1. The van der Waals surface area contributed by atoms with Crippen LogP contribution in [0.15, 0.2) is 77.4 Å². The Bertz CT molecular complexity index is 1320. The van der Waals surface area contributed by atoms with Gasteiger partial charge in [-0.05, 0) is 79.1 Å². The number of benzene rings is 3. The van der Waals surface area contributed by atoms with Gasteiger partial charge in [-0.1, -0.05) is 36.0 Å². The molecule has 0 radical (unpaired) electrons. The van der Waals surface area contributed by atoms with E-state index in [1.165, 1.54) is 23.1 Å². The van der Waals surface area contributed by atoms with Crippen molar-refractivity contribution in [1.29, 1.82) is 0 Å². The second-order valence-corrected chi connectivity index (χ2v) is 8.97. The number of rotatable bonds is 6. The van der Waals surface area contributed by atoms with Gasteiger partial charge in [-0.3, -0.25) is 14.5 Å². The van der Waals surface area contributed by atoms with Crippen molar-refractivity contribution in [3.8, 4) is 5.75 Å². The predicted octanol–water partition coefficient (Wildman–Crippen LogP) is 5.57. The van der Waals surface area contributed by atoms with Crippen molar-refractivity contribution in [3.05, 3.63) is 94.9 Å². The first-order valence-electron chi connectivity index (χ1n) is 10.9. The zero-order valence-electron chi connectivity index (χ0n) is 19.5. The van der Waals surface area contributed by atoms with Crippen molar-refractivity contribution in [3.63, 3.8) is 0 Å². The molecule has 8 heteroatoms. The lowest BCUT2D eigenvalue weighted by molar-refractivity contribution is -0.114. The van der Waals surface area contributed by atoms with Crippen molar-refractivity contribution in [2.45, 2.75) is 13.8 Å². The quantitative estimate of drug-likeness (QED) is 0.460. The lowest BCUT2D eigenvalue weighted by atomic mass is 10.1. The van der Waals surface area contributed by atoms with E-state index < -0.39 is 5.82 Å². The molecule has 0 fully saturated rings. The first kappa shape index (κ1) is 24.2. The number of carbonyl (C=O) groups excluding carboxylic acids is 2. The molecule has 2 amide bonds. The van der Waals surface area contributed by atoms with Gasteiger partial charge in [-0.15, -0.1) is 0 Å². The van der Waals surface area contributed by atoms with Crippen LogP contribution in [0.3, 0.4) is 0 Å². The molecular weight excluding hydrogens is 465 g/mol. The number of nitrogens with one attached hydrogen (secondary N) is 1. The minimum absolute atomic E-state index is 0.000258. The standard InChI is InChI=1S/C27H24FN3O3S/c1-17-11-18(2)13-22(12-17)31-26(33)24(14-19-7-9-23(34-3)10-8-19)30-27(31)35-16-25(32)29-21-6-4-5-20(28)15-21/h4-15H,16H2,1-3H3,(H,29,32)/b24-14-. The number of anilines is 2. The summed E-state index contributed by atoms with van der Waals surface area (Å²) in [5, 5.41) is 3.07. The van der Waals surface area contributed by atoms with E-state index in [1.54, 1.807) is 19.3 Å². The van der Waals surface area contributed by atoms with Crippen molar-refractivity contribution < 1.29 is 18.7 Å². The number of methoxy groups -OCH3 is 1. The van der Waals surface area contributed by atoms with Crippen LogP contribution >= 0.6 is 11.8 Å². The Morgan fingerprint density at radius 2 is 1.80 bits per heavy atom. The Morgan fingerprint density at radius 1 is 1.09 bits per heavy atom. The summed E-state index contributed by atoms with van der Waals surface area (Å²) >= 11 is 1.14. The molecule has 0 saturated carbocycles. The Balaban J connectivity index is 1.60. The normalized spacial score (nSPS) is 14.3. The molecule has 1 heterocycles. The van der Waals surface area contributed by atoms with Crippen LogP contribution in [-0.4, -0.2) is 29.8 Å². The van der Waals surface area contributed by atoms with Gasteiger partial charge in [-0.25, -0.2) is 9.38 Å². The van der Waals surface area contributed by atoms with Gasteiger partial charge in [0.1, 0.15) is 17.3 Å². The fourth-order valence-electron chi connectivity index (χ4n) is 3.65. The van der Waals surface area contributed by atoms with Gasteiger partial charge >= 0.3 is 0 Å². The number of aryl methyl sites for hydroxylation is 2. The van der Waals surface area contributed by atoms with Gasteiger partial charge in [0.05, 0.1) is 18.6 Å². The topological polar surface area (TPSA) is 71.0 Å². The Kier molecular flexibility index (Phi) is 7.31. The summed E-state index contributed by atoms with van der Waals surface area (Å²) in [6.45, 7) is 3.92. The lowest BCUT2D eigenvalue weighted by Crippen LogP contribution is -2.31. The van der Waals surface area contributed by atoms with E-state index >= 15 is 0 Å². The second-order valence-electron chi connectivity index (χ2n) is 8.03. The monoisotopic (exact) mass is 489 g/mol. The minimum Gasteiger partial charge on any atom is -0.497 e. The first-order chi connectivity index (χ1) is 16.8. The summed E-state index contributed by atoms with van der Waals surface area (Å²) in [6, 6.07) is 18.8. The van der Waals surface area contributed by atoms with Gasteiger partial charge in [-0.2, -0.15) is 0 Å². The molecule has 4 rings (SSSR count). The average molecular weight is 490 g/mol. The van der Waals surface area contributed by atoms with Crippen LogP contribution in [0.2, 0.25) is 0 Å². The Labute approximate surface area is 207 Å². The number of amidine groups is 1. The molecule has 6 nitrogen and oxygen atoms in total. The maximum Gasteiger partial charge on any atom is 0.283 e. The molecule has 0 aliphatic carbocycles. The average Bonchev–Trinajstić information content (AvgIpc) is 3.12. The molecular formula is C27H24FN3O3S. The predicted molar refractivity (Wildman–Crippen MR) is 139 cm³/mol. The third-order valence-electron chi connectivity index (χ3n) is 5.15. The maximum atomic E-state index is 13.4. The summed E-state index contributed by atoms with van der Waals surface area (Å²) in [4.78, 5) is 32.0. The van der Waals surface area contributed by atoms with E-state index in [0.29, 0.717) is 22.3 Å². The molecule has 35 heavy (non-hydrogen) atoms. The number of halogens is 1. The Hall–Kier alpha value is -3.91. The largest absolute Gasteiger partial charge is 0.497 e. The number of aliphatic imine (C=N–C) groups is 1. The van der Waals surface area contributed by atoms with Crippen molar-refractivity contribution in [2.75, 3.05) is 23.1 Å². The SMILES string of the molecule is COc1ccc(/C=C2\N=C(SCC(=O)Nc3cccc(F)c3)N(c3cc(C)cc(C)c3)C2=O)cc1. The highest BCUT2D eigenvalue weighted by Gasteiger charge is 2.32. The van der Waals surface area contributed by atoms with E-state index in [9.17, 15) is 14.0 Å². The van der Waals surface area contributed by atoms with Gasteiger partial charge < -0.3 is 10.1 Å². The van der Waals surface area contributed by atoms with Crippen molar-refractivity contribution in [1.82, 2.24) is 0 Å². The number of hydrogen-bond acceptors (Lipinski definition) is 5. The zero-order valence-corrected chi connectivity index (χ0v) is 20.4. The highest BCUT2D eigenvalue weighted by molar-refractivity contribution is 8.14. The summed E-state index contributed by atoms with van der Waals surface area (Å²) in [5.74, 6) is -0.330. The molecule has 0 spiro atoms. The minimum atomic E-state index is -0.435. The van der Waals surface area contributed by atoms with Gasteiger partial charge in [0.25, 0.3) is 5.91 Å². The summed E-state index contributed by atoms with van der Waals surface area (Å²) in [5.41, 5.74) is 4.13. The molecule has 1 N–H and O–H groups in total. The van der Waals surface area contributed by atoms with E-state index in [-0.39, 0.29) is 23.3 Å². The van der Waals surface area contributed by atoms with Crippen molar-refractivity contribution in [2.24, 2.45) is 4.99 Å². The smallest absolute Gasteiger partial charge is 0.283 e. The highest BCUT2D eigenvalue weighted by atomic mass is 32.2. The summed E-state index contributed by atoms with van der Waals surface area (Å²) in [6.07, 6.45) is 1.71. The summed E-state index contributed by atoms with van der Waals surface area (Å²) in [7, 11) is 1.59. The van der Waals surface area contributed by atoms with Crippen LogP contribution in [0.1, 0.15) is 16.7 Å². The third-order valence-corrected chi connectivity index (χ3v) is 6.09. The molecule has 3 aromatic carbocycles. The Morgan fingerprint density at radius 3 is 2.46 bits per heavy atom. The molecule has 1 aliphatic heterocycles. The van der Waals surface area contributed by atoms with Crippen LogP contribution < -0.4 is 15.0 Å². The number of amides is 2. The van der Waals surface area contributed by atoms with E-state index in [1.807, 2.05) is 56.3 Å². The fraction of sp³-hybridized carbons (Fsp3) is 0.148. The molecule has 0 bridgehead atoms. The molecule has 0 unspecified atom stereocenters. The molecule has 3 aromatic rings. The molecule has 0 atom stereocenters.